The standard InChI is InChI=1S/C13H25NO2/c1-12(2,3)16-11(15)14-9-7-13(8-10-14)5-4-6-13/h11,15H,4-10H2,1-3H3. The van der Waals surface area contributed by atoms with Crippen molar-refractivity contribution in [3.8, 4) is 0 Å². The van der Waals surface area contributed by atoms with Gasteiger partial charge in [-0.2, -0.15) is 0 Å². The van der Waals surface area contributed by atoms with Crippen LogP contribution in [0, 0.1) is 5.41 Å². The average molecular weight is 227 g/mol. The molecule has 0 amide bonds. The van der Waals surface area contributed by atoms with E-state index in [1.54, 1.807) is 0 Å². The van der Waals surface area contributed by atoms with Crippen molar-refractivity contribution in [2.24, 2.45) is 5.41 Å². The van der Waals surface area contributed by atoms with Crippen LogP contribution in [-0.2, 0) is 4.74 Å². The van der Waals surface area contributed by atoms with Crippen molar-refractivity contribution in [3.63, 3.8) is 0 Å². The molecular weight excluding hydrogens is 202 g/mol. The zero-order chi connectivity index (χ0) is 11.8. The van der Waals surface area contributed by atoms with Crippen molar-refractivity contribution < 1.29 is 9.84 Å². The number of rotatable bonds is 2. The Morgan fingerprint density at radius 3 is 2.06 bits per heavy atom. The zero-order valence-electron chi connectivity index (χ0n) is 10.8. The fourth-order valence-electron chi connectivity index (χ4n) is 2.79. The SMILES string of the molecule is CC(C)(C)OC(O)N1CCC2(CCC2)CC1. The highest BCUT2D eigenvalue weighted by Crippen LogP contribution is 2.48. The first-order valence-electron chi connectivity index (χ1n) is 6.50. The molecule has 0 aromatic carbocycles. The van der Waals surface area contributed by atoms with Crippen LogP contribution in [0.1, 0.15) is 52.9 Å². The summed E-state index contributed by atoms with van der Waals surface area (Å²) in [5, 5.41) is 9.97. The van der Waals surface area contributed by atoms with Crippen LogP contribution in [-0.4, -0.2) is 35.1 Å². The summed E-state index contributed by atoms with van der Waals surface area (Å²) in [6.07, 6.45) is 5.95. The predicted molar refractivity (Wildman–Crippen MR) is 63.9 cm³/mol. The summed E-state index contributed by atoms with van der Waals surface area (Å²) < 4.78 is 5.58. The van der Waals surface area contributed by atoms with Gasteiger partial charge in [-0.3, -0.25) is 4.90 Å². The molecule has 1 saturated carbocycles. The van der Waals surface area contributed by atoms with Gasteiger partial charge in [0.25, 0.3) is 0 Å². The molecular formula is C13H25NO2. The molecule has 0 bridgehead atoms. The minimum atomic E-state index is -0.725. The molecule has 2 rings (SSSR count). The quantitative estimate of drug-likeness (QED) is 0.735. The van der Waals surface area contributed by atoms with Crippen LogP contribution < -0.4 is 0 Å². The fourth-order valence-corrected chi connectivity index (χ4v) is 2.79. The first-order chi connectivity index (χ1) is 7.40. The minimum Gasteiger partial charge on any atom is -0.356 e. The van der Waals surface area contributed by atoms with E-state index in [4.69, 9.17) is 4.74 Å². The smallest absolute Gasteiger partial charge is 0.216 e. The maximum Gasteiger partial charge on any atom is 0.216 e. The third kappa shape index (κ3) is 2.76. The van der Waals surface area contributed by atoms with Crippen molar-refractivity contribution in [3.05, 3.63) is 0 Å². The van der Waals surface area contributed by atoms with Gasteiger partial charge in [0.2, 0.25) is 6.41 Å². The van der Waals surface area contributed by atoms with Crippen molar-refractivity contribution >= 4 is 0 Å². The summed E-state index contributed by atoms with van der Waals surface area (Å²) in [4.78, 5) is 2.06. The third-order valence-electron chi connectivity index (χ3n) is 4.04. The van der Waals surface area contributed by atoms with Crippen molar-refractivity contribution in [2.75, 3.05) is 13.1 Å². The van der Waals surface area contributed by atoms with Gasteiger partial charge in [-0.25, -0.2) is 0 Å². The van der Waals surface area contributed by atoms with E-state index in [9.17, 15) is 5.11 Å². The van der Waals surface area contributed by atoms with Crippen molar-refractivity contribution in [2.45, 2.75) is 64.9 Å². The molecule has 1 heterocycles. The van der Waals surface area contributed by atoms with Crippen molar-refractivity contribution in [1.29, 1.82) is 0 Å². The molecule has 94 valence electrons. The maximum atomic E-state index is 9.97. The summed E-state index contributed by atoms with van der Waals surface area (Å²) >= 11 is 0. The van der Waals surface area contributed by atoms with Crippen LogP contribution in [0.15, 0.2) is 0 Å². The molecule has 1 aliphatic carbocycles. The summed E-state index contributed by atoms with van der Waals surface area (Å²) in [7, 11) is 0. The molecule has 2 fully saturated rings. The van der Waals surface area contributed by atoms with E-state index in [2.05, 4.69) is 4.90 Å². The molecule has 0 radical (unpaired) electrons. The van der Waals surface area contributed by atoms with E-state index in [0.29, 0.717) is 5.41 Å². The number of aliphatic hydroxyl groups excluding tert-OH is 1. The van der Waals surface area contributed by atoms with Gasteiger partial charge in [0, 0.05) is 13.1 Å². The molecule has 3 heteroatoms. The van der Waals surface area contributed by atoms with Crippen LogP contribution in [0.3, 0.4) is 0 Å². The first-order valence-corrected chi connectivity index (χ1v) is 6.50. The predicted octanol–water partition coefficient (Wildman–Crippen LogP) is 2.34. The molecule has 1 N–H and O–H groups in total. The Bertz CT molecular complexity index is 233. The van der Waals surface area contributed by atoms with Gasteiger partial charge in [-0.1, -0.05) is 6.42 Å². The molecule has 1 aliphatic heterocycles. The number of aliphatic hydroxyl groups is 1. The summed E-state index contributed by atoms with van der Waals surface area (Å²) in [5.41, 5.74) is 0.364. The lowest BCUT2D eigenvalue weighted by atomic mass is 9.63. The van der Waals surface area contributed by atoms with Gasteiger partial charge in [0.05, 0.1) is 5.60 Å². The maximum absolute atomic E-state index is 9.97. The lowest BCUT2D eigenvalue weighted by Gasteiger charge is -2.49. The van der Waals surface area contributed by atoms with Crippen LogP contribution in [0.5, 0.6) is 0 Å². The third-order valence-corrected chi connectivity index (χ3v) is 4.04. The van der Waals surface area contributed by atoms with Gasteiger partial charge in [-0.05, 0) is 51.9 Å². The number of hydrogen-bond acceptors (Lipinski definition) is 3. The second-order valence-corrected chi connectivity index (χ2v) is 6.45. The molecule has 3 nitrogen and oxygen atoms in total. The Kier molecular flexibility index (Phi) is 3.30. The minimum absolute atomic E-state index is 0.273. The Hall–Kier alpha value is -0.120. The van der Waals surface area contributed by atoms with Gasteiger partial charge in [0.1, 0.15) is 0 Å². The highest BCUT2D eigenvalue weighted by Gasteiger charge is 2.40. The van der Waals surface area contributed by atoms with Gasteiger partial charge >= 0.3 is 0 Å². The van der Waals surface area contributed by atoms with Crippen LogP contribution >= 0.6 is 0 Å². The van der Waals surface area contributed by atoms with Gasteiger partial charge in [0.15, 0.2) is 0 Å². The lowest BCUT2D eigenvalue weighted by Crippen LogP contribution is -2.49. The average Bonchev–Trinajstić information content (AvgIpc) is 2.13. The van der Waals surface area contributed by atoms with E-state index < -0.39 is 6.41 Å². The summed E-state index contributed by atoms with van der Waals surface area (Å²) in [5.74, 6) is 0. The second kappa shape index (κ2) is 4.28. The normalized spacial score (nSPS) is 27.8. The number of hydrogen-bond donors (Lipinski definition) is 1. The van der Waals surface area contributed by atoms with E-state index >= 15 is 0 Å². The second-order valence-electron chi connectivity index (χ2n) is 6.45. The highest BCUT2D eigenvalue weighted by atomic mass is 16.6. The number of ether oxygens (including phenoxy) is 1. The highest BCUT2D eigenvalue weighted by molar-refractivity contribution is 4.92. The Labute approximate surface area is 98.8 Å². The monoisotopic (exact) mass is 227 g/mol. The van der Waals surface area contributed by atoms with E-state index in [-0.39, 0.29) is 5.60 Å². The molecule has 0 aromatic heterocycles. The number of nitrogens with zero attached hydrogens (tertiary/aromatic N) is 1. The first kappa shape index (κ1) is 12.3. The molecule has 16 heavy (non-hydrogen) atoms. The van der Waals surface area contributed by atoms with Gasteiger partial charge < -0.3 is 9.84 Å². The fraction of sp³-hybridized carbons (Fsp3) is 1.00. The Balaban J connectivity index is 1.79. The van der Waals surface area contributed by atoms with E-state index in [1.165, 1.54) is 32.1 Å². The number of likely N-dealkylation sites (tertiary alicyclic amines) is 1. The molecule has 1 spiro atoms. The van der Waals surface area contributed by atoms with Crippen molar-refractivity contribution in [1.82, 2.24) is 4.90 Å². The topological polar surface area (TPSA) is 32.7 Å². The zero-order valence-corrected chi connectivity index (χ0v) is 10.8. The molecule has 1 atom stereocenters. The summed E-state index contributed by atoms with van der Waals surface area (Å²) in [6, 6.07) is 0. The largest absolute Gasteiger partial charge is 0.356 e. The van der Waals surface area contributed by atoms with Crippen LogP contribution in [0.25, 0.3) is 0 Å². The van der Waals surface area contributed by atoms with Gasteiger partial charge in [-0.15, -0.1) is 0 Å². The van der Waals surface area contributed by atoms with Crippen LogP contribution in [0.2, 0.25) is 0 Å². The van der Waals surface area contributed by atoms with E-state index in [1.807, 2.05) is 20.8 Å². The number of piperidine rings is 1. The van der Waals surface area contributed by atoms with Crippen LogP contribution in [0.4, 0.5) is 0 Å². The molecule has 0 aromatic rings. The van der Waals surface area contributed by atoms with E-state index in [0.717, 1.165) is 13.1 Å². The molecule has 1 unspecified atom stereocenters. The Morgan fingerprint density at radius 2 is 1.69 bits per heavy atom. The molecule has 2 aliphatic rings. The lowest BCUT2D eigenvalue weighted by molar-refractivity contribution is -0.247. The molecule has 1 saturated heterocycles. The Morgan fingerprint density at radius 1 is 1.12 bits per heavy atom. The summed E-state index contributed by atoms with van der Waals surface area (Å²) in [6.45, 7) is 7.91.